The summed E-state index contributed by atoms with van der Waals surface area (Å²) in [5.74, 6) is 0.0144. The van der Waals surface area contributed by atoms with Gasteiger partial charge in [-0.1, -0.05) is 53.5 Å². The molecule has 156 valence electrons. The number of hydrogen-bond acceptors (Lipinski definition) is 6. The van der Waals surface area contributed by atoms with Crippen LogP contribution in [0.4, 0.5) is 5.82 Å². The lowest BCUT2D eigenvalue weighted by molar-refractivity contribution is 0.482. The lowest BCUT2D eigenvalue weighted by Crippen LogP contribution is -2.33. The number of nitrogen functional groups attached to an aromatic ring is 1. The molecule has 0 radical (unpaired) electrons. The maximum atomic E-state index is 12.1. The molecule has 11 heteroatoms. The zero-order valence-electron chi connectivity index (χ0n) is 15.6. The van der Waals surface area contributed by atoms with E-state index in [0.29, 0.717) is 11.3 Å². The first-order valence-corrected chi connectivity index (χ1v) is 9.53. The molecule has 4 N–H and O–H groups in total. The van der Waals surface area contributed by atoms with Crippen LogP contribution in [-0.2, 0) is 0 Å². The fraction of sp³-hybridized carbons (Fsp3) is 0. The number of nitrogens with zero attached hydrogens (tertiary/aromatic N) is 2. The Labute approximate surface area is 183 Å². The van der Waals surface area contributed by atoms with Crippen molar-refractivity contribution in [3.8, 4) is 28.3 Å². The highest BCUT2D eigenvalue weighted by Gasteiger charge is 2.17. The molecule has 2 heterocycles. The van der Waals surface area contributed by atoms with Gasteiger partial charge in [0.25, 0.3) is 5.56 Å². The zero-order chi connectivity index (χ0) is 22.1. The van der Waals surface area contributed by atoms with Gasteiger partial charge in [0, 0.05) is 17.8 Å². The van der Waals surface area contributed by atoms with E-state index in [1.807, 2.05) is 35.3 Å². The Hall–Kier alpha value is -3.82. The van der Waals surface area contributed by atoms with Crippen molar-refractivity contribution in [2.45, 2.75) is 0 Å². The Morgan fingerprint density at radius 1 is 1.00 bits per heavy atom. The Morgan fingerprint density at radius 2 is 1.68 bits per heavy atom. The SMILES string of the molecule is Nc1nn(-c2cc(Cl)c(Oc3c[nH]c(=O)cc3-c3ccccc3)c(Cl)c2)c(=O)[nH]c1=O. The van der Waals surface area contributed by atoms with Crippen molar-refractivity contribution < 1.29 is 4.74 Å². The van der Waals surface area contributed by atoms with Gasteiger partial charge >= 0.3 is 5.69 Å². The van der Waals surface area contributed by atoms with Crippen molar-refractivity contribution in [1.29, 1.82) is 0 Å². The van der Waals surface area contributed by atoms with Crippen LogP contribution in [0.5, 0.6) is 11.5 Å². The molecular weight excluding hydrogens is 445 g/mol. The Balaban J connectivity index is 1.79. The van der Waals surface area contributed by atoms with Gasteiger partial charge in [0.05, 0.1) is 15.7 Å². The summed E-state index contributed by atoms with van der Waals surface area (Å²) >= 11 is 12.7. The first-order valence-electron chi connectivity index (χ1n) is 8.78. The summed E-state index contributed by atoms with van der Waals surface area (Å²) in [5.41, 5.74) is 5.02. The van der Waals surface area contributed by atoms with Gasteiger partial charge in [0.15, 0.2) is 11.5 Å². The van der Waals surface area contributed by atoms with Gasteiger partial charge in [-0.2, -0.15) is 4.68 Å². The third kappa shape index (κ3) is 4.09. The predicted octanol–water partition coefficient (Wildman–Crippen LogP) is 2.96. The van der Waals surface area contributed by atoms with Crippen LogP contribution in [0, 0.1) is 0 Å². The molecule has 2 aromatic carbocycles. The molecule has 0 aliphatic carbocycles. The number of aromatic amines is 2. The molecule has 31 heavy (non-hydrogen) atoms. The number of ether oxygens (including phenoxy) is 1. The summed E-state index contributed by atoms with van der Waals surface area (Å²) in [7, 11) is 0. The van der Waals surface area contributed by atoms with Crippen LogP contribution in [0.2, 0.25) is 10.0 Å². The Bertz CT molecular complexity index is 1440. The molecule has 4 rings (SSSR count). The van der Waals surface area contributed by atoms with Crippen LogP contribution < -0.4 is 27.3 Å². The largest absolute Gasteiger partial charge is 0.452 e. The molecule has 0 fully saturated rings. The van der Waals surface area contributed by atoms with Crippen molar-refractivity contribution in [1.82, 2.24) is 19.7 Å². The van der Waals surface area contributed by atoms with Gasteiger partial charge in [0.1, 0.15) is 0 Å². The number of H-pyrrole nitrogens is 2. The van der Waals surface area contributed by atoms with E-state index in [9.17, 15) is 14.4 Å². The molecule has 0 aliphatic rings. The van der Waals surface area contributed by atoms with E-state index in [4.69, 9.17) is 33.7 Å². The van der Waals surface area contributed by atoms with E-state index >= 15 is 0 Å². The number of aromatic nitrogens is 4. The first-order chi connectivity index (χ1) is 14.8. The fourth-order valence-electron chi connectivity index (χ4n) is 2.85. The van der Waals surface area contributed by atoms with Crippen LogP contribution >= 0.6 is 23.2 Å². The van der Waals surface area contributed by atoms with Crippen LogP contribution in [0.25, 0.3) is 16.8 Å². The molecule has 0 aliphatic heterocycles. The maximum absolute atomic E-state index is 12.1. The molecule has 9 nitrogen and oxygen atoms in total. The predicted molar refractivity (Wildman–Crippen MR) is 117 cm³/mol. The summed E-state index contributed by atoms with van der Waals surface area (Å²) in [6.45, 7) is 0. The molecule has 0 unspecified atom stereocenters. The number of benzene rings is 2. The number of hydrogen-bond donors (Lipinski definition) is 3. The minimum absolute atomic E-state index is 0.0613. The average molecular weight is 458 g/mol. The van der Waals surface area contributed by atoms with Crippen molar-refractivity contribution in [2.75, 3.05) is 5.73 Å². The summed E-state index contributed by atoms with van der Waals surface area (Å²) in [6, 6.07) is 13.3. The van der Waals surface area contributed by atoms with E-state index in [0.717, 1.165) is 10.2 Å². The zero-order valence-corrected chi connectivity index (χ0v) is 17.1. The van der Waals surface area contributed by atoms with Gasteiger partial charge in [0.2, 0.25) is 11.4 Å². The van der Waals surface area contributed by atoms with E-state index in [2.05, 4.69) is 10.1 Å². The number of pyridine rings is 1. The summed E-state index contributed by atoms with van der Waals surface area (Å²) in [5, 5.41) is 3.86. The van der Waals surface area contributed by atoms with Crippen LogP contribution in [0.3, 0.4) is 0 Å². The van der Waals surface area contributed by atoms with Crippen molar-refractivity contribution in [3.63, 3.8) is 0 Å². The molecule has 0 spiro atoms. The first kappa shape index (κ1) is 20.5. The monoisotopic (exact) mass is 457 g/mol. The fourth-order valence-corrected chi connectivity index (χ4v) is 3.40. The number of nitrogens with one attached hydrogen (secondary N) is 2. The molecule has 0 saturated carbocycles. The van der Waals surface area contributed by atoms with E-state index in [1.165, 1.54) is 24.4 Å². The second kappa shape index (κ2) is 8.13. The number of halogens is 2. The molecule has 0 bridgehead atoms. The van der Waals surface area contributed by atoms with Crippen molar-refractivity contribution in [2.24, 2.45) is 0 Å². The highest BCUT2D eigenvalue weighted by atomic mass is 35.5. The molecule has 4 aromatic rings. The van der Waals surface area contributed by atoms with Gasteiger partial charge in [-0.15, -0.1) is 5.10 Å². The molecule has 2 aromatic heterocycles. The summed E-state index contributed by atoms with van der Waals surface area (Å²) in [6.07, 6.45) is 1.40. The smallest absolute Gasteiger partial charge is 0.349 e. The molecule has 0 atom stereocenters. The Morgan fingerprint density at radius 3 is 2.35 bits per heavy atom. The van der Waals surface area contributed by atoms with E-state index in [1.54, 1.807) is 0 Å². The normalized spacial score (nSPS) is 10.8. The number of nitrogens with two attached hydrogens (primary N) is 1. The van der Waals surface area contributed by atoms with Gasteiger partial charge < -0.3 is 15.5 Å². The lowest BCUT2D eigenvalue weighted by atomic mass is 10.1. The third-order valence-electron chi connectivity index (χ3n) is 4.26. The number of anilines is 1. The van der Waals surface area contributed by atoms with Gasteiger partial charge in [-0.05, 0) is 17.7 Å². The molecule has 0 amide bonds. The van der Waals surface area contributed by atoms with Crippen LogP contribution in [0.1, 0.15) is 0 Å². The third-order valence-corrected chi connectivity index (χ3v) is 4.83. The lowest BCUT2D eigenvalue weighted by Gasteiger charge is -2.14. The Kier molecular flexibility index (Phi) is 5.37. The minimum Gasteiger partial charge on any atom is -0.452 e. The standard InChI is InChI=1S/C20H13Cl2N5O4/c21-13-6-11(27-20(30)25-19(29)18(23)26-27)7-14(22)17(13)31-15-9-24-16(28)8-12(15)10-4-2-1-3-5-10/h1-9H,(H2,23,26)(H,24,28)(H,25,29,30). The van der Waals surface area contributed by atoms with Gasteiger partial charge in [-0.3, -0.25) is 14.6 Å². The minimum atomic E-state index is -0.813. The maximum Gasteiger partial charge on any atom is 0.349 e. The van der Waals surface area contributed by atoms with Crippen LogP contribution in [-0.4, -0.2) is 19.7 Å². The average Bonchev–Trinajstić information content (AvgIpc) is 2.74. The highest BCUT2D eigenvalue weighted by molar-refractivity contribution is 6.37. The van der Waals surface area contributed by atoms with Crippen molar-refractivity contribution in [3.05, 3.63) is 96.0 Å². The topological polar surface area (TPSA) is 136 Å². The second-order valence-corrected chi connectivity index (χ2v) is 7.15. The van der Waals surface area contributed by atoms with Crippen molar-refractivity contribution >= 4 is 29.0 Å². The number of rotatable bonds is 4. The second-order valence-electron chi connectivity index (χ2n) is 6.34. The summed E-state index contributed by atoms with van der Waals surface area (Å²) in [4.78, 5) is 39.9. The molecule has 0 saturated heterocycles. The van der Waals surface area contributed by atoms with E-state index < -0.39 is 17.1 Å². The molecular formula is C20H13Cl2N5O4. The quantitative estimate of drug-likeness (QED) is 0.430. The highest BCUT2D eigenvalue weighted by Crippen LogP contribution is 2.40. The summed E-state index contributed by atoms with van der Waals surface area (Å²) < 4.78 is 6.77. The van der Waals surface area contributed by atoms with E-state index in [-0.39, 0.29) is 27.0 Å². The van der Waals surface area contributed by atoms with Gasteiger partial charge in [-0.25, -0.2) is 4.79 Å². The van der Waals surface area contributed by atoms with Crippen LogP contribution in [0.15, 0.2) is 69.1 Å².